The van der Waals surface area contributed by atoms with E-state index >= 15 is 0 Å². The molecule has 84 valence electrons. The summed E-state index contributed by atoms with van der Waals surface area (Å²) in [4.78, 5) is 21.8. The minimum absolute atomic E-state index is 0.116. The van der Waals surface area contributed by atoms with E-state index in [1.165, 1.54) is 0 Å². The molecule has 0 unspecified atom stereocenters. The van der Waals surface area contributed by atoms with E-state index in [0.29, 0.717) is 6.42 Å². The van der Waals surface area contributed by atoms with Crippen molar-refractivity contribution in [1.29, 1.82) is 5.26 Å². The number of carboxylic acid groups (broad SMARTS) is 1. The Hall–Kier alpha value is -1.77. The molecule has 0 aromatic rings. The van der Waals surface area contributed by atoms with Crippen LogP contribution in [-0.2, 0) is 4.79 Å². The highest BCUT2D eigenvalue weighted by Crippen LogP contribution is 2.04. The van der Waals surface area contributed by atoms with Gasteiger partial charge in [-0.2, -0.15) is 5.26 Å². The first-order valence-corrected chi connectivity index (χ1v) is 4.61. The fraction of sp³-hybridized carbons (Fsp3) is 0.667. The molecule has 0 aliphatic heterocycles. The number of carbonyl (C=O) groups is 2. The largest absolute Gasteiger partial charge is 0.465 e. The summed E-state index contributed by atoms with van der Waals surface area (Å²) in [6, 6.07) is 0.957. The van der Waals surface area contributed by atoms with Gasteiger partial charge in [0.05, 0.1) is 6.07 Å². The van der Waals surface area contributed by atoms with Gasteiger partial charge in [0, 0.05) is 0 Å². The highest BCUT2D eigenvalue weighted by molar-refractivity contribution is 5.85. The summed E-state index contributed by atoms with van der Waals surface area (Å²) in [6.07, 6.45) is -0.837. The Balaban J connectivity index is 4.28. The van der Waals surface area contributed by atoms with Gasteiger partial charge >= 0.3 is 6.09 Å². The van der Waals surface area contributed by atoms with E-state index in [0.717, 1.165) is 0 Å². The molecule has 1 atom stereocenters. The number of hydrogen-bond donors (Lipinski definition) is 3. The van der Waals surface area contributed by atoms with Gasteiger partial charge in [-0.15, -0.1) is 0 Å². The maximum absolute atomic E-state index is 11.4. The molecular weight excluding hydrogens is 198 g/mol. The molecule has 0 fully saturated rings. The van der Waals surface area contributed by atoms with E-state index in [9.17, 15) is 9.59 Å². The Morgan fingerprint density at radius 3 is 2.47 bits per heavy atom. The molecule has 0 aromatic heterocycles. The third-order valence-corrected chi connectivity index (χ3v) is 1.66. The van der Waals surface area contributed by atoms with Crippen molar-refractivity contribution in [3.63, 3.8) is 0 Å². The molecule has 0 saturated heterocycles. The van der Waals surface area contributed by atoms with Gasteiger partial charge in [0.15, 0.2) is 0 Å². The van der Waals surface area contributed by atoms with Gasteiger partial charge in [0.25, 0.3) is 0 Å². The molecular formula is C9H15N3O3. The average molecular weight is 213 g/mol. The van der Waals surface area contributed by atoms with E-state index in [1.807, 2.05) is 13.8 Å². The van der Waals surface area contributed by atoms with E-state index in [2.05, 4.69) is 10.6 Å². The Labute approximate surface area is 88.3 Å². The first-order chi connectivity index (χ1) is 6.97. The molecule has 2 amide bonds. The van der Waals surface area contributed by atoms with Crippen LogP contribution in [0.15, 0.2) is 0 Å². The van der Waals surface area contributed by atoms with E-state index in [1.54, 1.807) is 6.07 Å². The highest BCUT2D eigenvalue weighted by Gasteiger charge is 2.20. The molecule has 0 bridgehead atoms. The smallest absolute Gasteiger partial charge is 0.405 e. The van der Waals surface area contributed by atoms with Gasteiger partial charge in [-0.25, -0.2) is 4.79 Å². The second kappa shape index (κ2) is 6.65. The van der Waals surface area contributed by atoms with E-state index in [4.69, 9.17) is 10.4 Å². The first-order valence-electron chi connectivity index (χ1n) is 4.61. The van der Waals surface area contributed by atoms with Gasteiger partial charge in [0.2, 0.25) is 5.91 Å². The Morgan fingerprint density at radius 2 is 2.07 bits per heavy atom. The molecule has 0 spiro atoms. The molecule has 0 heterocycles. The normalized spacial score (nSPS) is 11.6. The lowest BCUT2D eigenvalue weighted by atomic mass is 10.0. The third-order valence-electron chi connectivity index (χ3n) is 1.66. The summed E-state index contributed by atoms with van der Waals surface area (Å²) in [7, 11) is 0. The van der Waals surface area contributed by atoms with Crippen molar-refractivity contribution in [3.05, 3.63) is 0 Å². The summed E-state index contributed by atoms with van der Waals surface area (Å²) in [6.45, 7) is 3.65. The van der Waals surface area contributed by atoms with Crippen molar-refractivity contribution in [2.45, 2.75) is 26.3 Å². The standard InChI is InChI=1S/C9H15N3O3/c1-6(2)5-7(12-9(14)15)8(13)11-4-3-10/h6-7,12H,4-5H2,1-2H3,(H,11,13)(H,14,15)/t7-/m1/s1. The molecule has 6 heteroatoms. The first kappa shape index (κ1) is 13.2. The van der Waals surface area contributed by atoms with Crippen LogP contribution >= 0.6 is 0 Å². The van der Waals surface area contributed by atoms with Gasteiger partial charge in [0.1, 0.15) is 12.6 Å². The van der Waals surface area contributed by atoms with Crippen LogP contribution in [0.4, 0.5) is 4.79 Å². The fourth-order valence-electron chi connectivity index (χ4n) is 1.10. The number of nitriles is 1. The second-order valence-corrected chi connectivity index (χ2v) is 3.51. The lowest BCUT2D eigenvalue weighted by molar-refractivity contribution is -0.123. The number of amides is 2. The molecule has 0 aliphatic rings. The van der Waals surface area contributed by atoms with Crippen LogP contribution in [-0.4, -0.2) is 29.7 Å². The molecule has 0 aliphatic carbocycles. The minimum atomic E-state index is -1.24. The second-order valence-electron chi connectivity index (χ2n) is 3.51. The van der Waals surface area contributed by atoms with Gasteiger partial charge in [-0.05, 0) is 12.3 Å². The van der Waals surface area contributed by atoms with Crippen molar-refractivity contribution in [2.24, 2.45) is 5.92 Å². The molecule has 0 radical (unpaired) electrons. The Bertz CT molecular complexity index is 270. The predicted molar refractivity (Wildman–Crippen MR) is 53.0 cm³/mol. The van der Waals surface area contributed by atoms with Gasteiger partial charge in [-0.3, -0.25) is 4.79 Å². The van der Waals surface area contributed by atoms with Gasteiger partial charge < -0.3 is 15.7 Å². The lowest BCUT2D eigenvalue weighted by Gasteiger charge is -2.17. The fourth-order valence-corrected chi connectivity index (χ4v) is 1.10. The average Bonchev–Trinajstić information content (AvgIpc) is 2.11. The van der Waals surface area contributed by atoms with Crippen LogP contribution in [0.5, 0.6) is 0 Å². The van der Waals surface area contributed by atoms with Crippen molar-refractivity contribution >= 4 is 12.0 Å². The summed E-state index contributed by atoms with van der Waals surface area (Å²) < 4.78 is 0. The molecule has 15 heavy (non-hydrogen) atoms. The molecule has 0 saturated carbocycles. The summed E-state index contributed by atoms with van der Waals surface area (Å²) in [5.74, 6) is -0.276. The topological polar surface area (TPSA) is 102 Å². The van der Waals surface area contributed by atoms with Crippen LogP contribution < -0.4 is 10.6 Å². The number of rotatable bonds is 5. The Morgan fingerprint density at radius 1 is 1.47 bits per heavy atom. The molecule has 0 aromatic carbocycles. The van der Waals surface area contributed by atoms with Crippen molar-refractivity contribution in [2.75, 3.05) is 6.54 Å². The number of carbonyl (C=O) groups excluding carboxylic acids is 1. The van der Waals surface area contributed by atoms with Crippen molar-refractivity contribution in [3.8, 4) is 6.07 Å². The maximum atomic E-state index is 11.4. The maximum Gasteiger partial charge on any atom is 0.405 e. The number of nitrogens with one attached hydrogen (secondary N) is 2. The van der Waals surface area contributed by atoms with Crippen molar-refractivity contribution in [1.82, 2.24) is 10.6 Å². The summed E-state index contributed by atoms with van der Waals surface area (Å²) in [5, 5.41) is 21.2. The van der Waals surface area contributed by atoms with Crippen molar-refractivity contribution < 1.29 is 14.7 Å². The summed E-state index contributed by atoms with van der Waals surface area (Å²) >= 11 is 0. The highest BCUT2D eigenvalue weighted by atomic mass is 16.4. The van der Waals surface area contributed by atoms with E-state index in [-0.39, 0.29) is 12.5 Å². The third kappa shape index (κ3) is 6.32. The minimum Gasteiger partial charge on any atom is -0.465 e. The molecule has 6 nitrogen and oxygen atoms in total. The van der Waals surface area contributed by atoms with Crippen LogP contribution in [0, 0.1) is 17.2 Å². The van der Waals surface area contributed by atoms with E-state index < -0.39 is 18.0 Å². The predicted octanol–water partition coefficient (Wildman–Crippen LogP) is 0.308. The van der Waals surface area contributed by atoms with Gasteiger partial charge in [-0.1, -0.05) is 13.8 Å². The molecule has 0 rings (SSSR count). The summed E-state index contributed by atoms with van der Waals surface area (Å²) in [5.41, 5.74) is 0. The van der Waals surface area contributed by atoms with Crippen LogP contribution in [0.25, 0.3) is 0 Å². The van der Waals surface area contributed by atoms with Crippen LogP contribution in [0.2, 0.25) is 0 Å². The number of hydrogen-bond acceptors (Lipinski definition) is 3. The monoisotopic (exact) mass is 213 g/mol. The molecule has 3 N–H and O–H groups in total. The SMILES string of the molecule is CC(C)C[C@@H](NC(=O)O)C(=O)NCC#N. The van der Waals surface area contributed by atoms with Crippen LogP contribution in [0.1, 0.15) is 20.3 Å². The zero-order chi connectivity index (χ0) is 11.8. The lowest BCUT2D eigenvalue weighted by Crippen LogP contribution is -2.47. The zero-order valence-electron chi connectivity index (χ0n) is 8.78. The quantitative estimate of drug-likeness (QED) is 0.572. The number of nitrogens with zero attached hydrogens (tertiary/aromatic N) is 1. The van der Waals surface area contributed by atoms with Crippen LogP contribution in [0.3, 0.4) is 0 Å². The Kier molecular flexibility index (Phi) is 5.86. The zero-order valence-corrected chi connectivity index (χ0v) is 8.78.